The van der Waals surface area contributed by atoms with Crippen molar-refractivity contribution in [3.63, 3.8) is 0 Å². The largest absolute Gasteiger partial charge is 0.444 e. The molecule has 1 aliphatic heterocycles. The molecule has 0 aromatic carbocycles. The first-order valence-corrected chi connectivity index (χ1v) is 10.5. The van der Waals surface area contributed by atoms with E-state index in [4.69, 9.17) is 20.3 Å². The summed E-state index contributed by atoms with van der Waals surface area (Å²) in [6.45, 7) is 6.52. The first kappa shape index (κ1) is 20.6. The molecule has 0 unspecified atom stereocenters. The van der Waals surface area contributed by atoms with Crippen LogP contribution in [0, 0.1) is 3.70 Å². The average Bonchev–Trinajstić information content (AvgIpc) is 3.12. The van der Waals surface area contributed by atoms with Crippen LogP contribution in [-0.2, 0) is 9.47 Å². The molecule has 3 rings (SSSR count). The third kappa shape index (κ3) is 4.16. The van der Waals surface area contributed by atoms with E-state index in [1.807, 2.05) is 25.5 Å². The highest BCUT2D eigenvalue weighted by Gasteiger charge is 2.39. The lowest BCUT2D eigenvalue weighted by atomic mass is 10.2. The van der Waals surface area contributed by atoms with Crippen molar-refractivity contribution in [2.24, 2.45) is 0 Å². The molecule has 0 radical (unpaired) electrons. The summed E-state index contributed by atoms with van der Waals surface area (Å²) in [7, 11) is 1.63. The minimum absolute atomic E-state index is 0.0122. The molecule has 0 aliphatic carbocycles. The van der Waals surface area contributed by atoms with Gasteiger partial charge in [0.05, 0.1) is 34.1 Å². The highest BCUT2D eigenvalue weighted by Crippen LogP contribution is 2.36. The monoisotopic (exact) mass is 551 g/mol. The maximum atomic E-state index is 12.7. The number of carbonyl (C=O) groups excluding carboxylic acids is 1. The molecule has 2 aromatic rings. The summed E-state index contributed by atoms with van der Waals surface area (Å²) in [5.74, 6) is 0.444. The van der Waals surface area contributed by atoms with Crippen LogP contribution in [0.3, 0.4) is 0 Å². The Kier molecular flexibility index (Phi) is 5.88. The van der Waals surface area contributed by atoms with Gasteiger partial charge in [0.15, 0.2) is 0 Å². The Morgan fingerprint density at radius 3 is 2.81 bits per heavy atom. The fourth-order valence-electron chi connectivity index (χ4n) is 3.34. The van der Waals surface area contributed by atoms with E-state index >= 15 is 0 Å². The zero-order valence-corrected chi connectivity index (χ0v) is 19.4. The fraction of sp³-hybridized carbons (Fsp3) is 0.588. The number of amides is 1. The predicted molar refractivity (Wildman–Crippen MR) is 115 cm³/mol. The molecule has 10 heteroatoms. The number of rotatable bonds is 3. The number of fused-ring (bicyclic) bond motifs is 1. The minimum atomic E-state index is -0.552. The second-order valence-corrected chi connectivity index (χ2v) is 9.46. The highest BCUT2D eigenvalue weighted by molar-refractivity contribution is 14.1. The van der Waals surface area contributed by atoms with Crippen molar-refractivity contribution in [3.8, 4) is 0 Å². The number of nitrogens with zero attached hydrogens (tertiary/aromatic N) is 4. The molecule has 0 spiro atoms. The molecule has 148 valence electrons. The van der Waals surface area contributed by atoms with E-state index in [1.54, 1.807) is 18.2 Å². The lowest BCUT2D eigenvalue weighted by molar-refractivity contribution is 0.0145. The van der Waals surface area contributed by atoms with Crippen LogP contribution < -0.4 is 5.73 Å². The summed E-state index contributed by atoms with van der Waals surface area (Å²) in [5, 5.41) is 5.51. The second kappa shape index (κ2) is 7.70. The van der Waals surface area contributed by atoms with Gasteiger partial charge in [-0.2, -0.15) is 5.10 Å². The number of hydrogen-bond donors (Lipinski definition) is 1. The summed E-state index contributed by atoms with van der Waals surface area (Å²) in [6, 6.07) is -0.0912. The van der Waals surface area contributed by atoms with E-state index in [0.717, 1.165) is 19.1 Å². The molecule has 0 saturated carbocycles. The topological polar surface area (TPSA) is 95.5 Å². The minimum Gasteiger partial charge on any atom is -0.444 e. The van der Waals surface area contributed by atoms with Crippen molar-refractivity contribution >= 4 is 61.3 Å². The first-order valence-electron chi connectivity index (χ1n) is 8.58. The van der Waals surface area contributed by atoms with Crippen LogP contribution in [0.5, 0.6) is 0 Å². The van der Waals surface area contributed by atoms with E-state index in [1.165, 1.54) is 0 Å². The Morgan fingerprint density at radius 2 is 2.19 bits per heavy atom. The molecule has 1 fully saturated rings. The lowest BCUT2D eigenvalue weighted by Gasteiger charge is -2.28. The number of hydrogen-bond acceptors (Lipinski definition) is 6. The van der Waals surface area contributed by atoms with Crippen LogP contribution in [0.2, 0.25) is 0 Å². The third-order valence-corrected chi connectivity index (χ3v) is 5.73. The van der Waals surface area contributed by atoms with Crippen molar-refractivity contribution in [2.75, 3.05) is 26.0 Å². The van der Waals surface area contributed by atoms with Crippen LogP contribution in [0.15, 0.2) is 10.7 Å². The maximum absolute atomic E-state index is 12.7. The maximum Gasteiger partial charge on any atom is 0.410 e. The summed E-state index contributed by atoms with van der Waals surface area (Å²) < 4.78 is 14.5. The van der Waals surface area contributed by atoms with Gasteiger partial charge in [-0.3, -0.25) is 4.68 Å². The first-order chi connectivity index (χ1) is 12.6. The lowest BCUT2D eigenvalue weighted by Crippen LogP contribution is -2.41. The molecule has 2 aromatic heterocycles. The number of pyridine rings is 1. The molecule has 1 aliphatic rings. The Labute approximate surface area is 180 Å². The number of carbonyl (C=O) groups is 1. The standard InChI is InChI=1S/C17H23BrIN5O3/c1-17(2,3)27-16(25)23-7-9(5-10(23)8-26-4)24-13-11(18)6-21-15(20)12(13)14(19)22-24/h6,9-10H,5,7-8H2,1-4H3,(H2,20,21)/t9-,10+/m0/s1. The highest BCUT2D eigenvalue weighted by atomic mass is 127. The van der Waals surface area contributed by atoms with Gasteiger partial charge in [-0.25, -0.2) is 9.78 Å². The zero-order valence-electron chi connectivity index (χ0n) is 15.7. The summed E-state index contributed by atoms with van der Waals surface area (Å²) >= 11 is 5.72. The SMILES string of the molecule is COC[C@H]1C[C@H](n2nc(I)c3c(N)ncc(Br)c32)CN1C(=O)OC(C)(C)C. The van der Waals surface area contributed by atoms with Crippen LogP contribution >= 0.6 is 38.5 Å². The summed E-state index contributed by atoms with van der Waals surface area (Å²) in [5.41, 5.74) is 6.40. The Morgan fingerprint density at radius 1 is 1.48 bits per heavy atom. The number of methoxy groups -OCH3 is 1. The molecule has 3 heterocycles. The van der Waals surface area contributed by atoms with Gasteiger partial charge in [-0.15, -0.1) is 0 Å². The third-order valence-electron chi connectivity index (χ3n) is 4.39. The molecule has 1 amide bonds. The Bertz CT molecular complexity index is 866. The molecule has 0 bridgehead atoms. The smallest absolute Gasteiger partial charge is 0.410 e. The molecule has 8 nitrogen and oxygen atoms in total. The van der Waals surface area contributed by atoms with Gasteiger partial charge in [-0.1, -0.05) is 0 Å². The normalized spacial score (nSPS) is 20.4. The molecular formula is C17H23BrIN5O3. The van der Waals surface area contributed by atoms with E-state index < -0.39 is 5.60 Å². The van der Waals surface area contributed by atoms with Gasteiger partial charge in [0.2, 0.25) is 0 Å². The van der Waals surface area contributed by atoms with Gasteiger partial charge in [-0.05, 0) is 65.7 Å². The van der Waals surface area contributed by atoms with Crippen molar-refractivity contribution < 1.29 is 14.3 Å². The summed E-state index contributed by atoms with van der Waals surface area (Å²) in [6.07, 6.45) is 2.06. The Hall–Kier alpha value is -1.14. The summed E-state index contributed by atoms with van der Waals surface area (Å²) in [4.78, 5) is 18.6. The van der Waals surface area contributed by atoms with E-state index in [-0.39, 0.29) is 18.2 Å². The van der Waals surface area contributed by atoms with Crippen LogP contribution in [0.4, 0.5) is 10.6 Å². The van der Waals surface area contributed by atoms with Crippen molar-refractivity contribution in [2.45, 2.75) is 44.9 Å². The van der Waals surface area contributed by atoms with Crippen LogP contribution in [0.1, 0.15) is 33.2 Å². The number of ether oxygens (including phenoxy) is 2. The molecule has 1 saturated heterocycles. The fourth-order valence-corrected chi connectivity index (χ4v) is 4.59. The molecule has 2 N–H and O–H groups in total. The van der Waals surface area contributed by atoms with Gasteiger partial charge in [0, 0.05) is 19.9 Å². The van der Waals surface area contributed by atoms with Crippen molar-refractivity contribution in [3.05, 3.63) is 14.4 Å². The quantitative estimate of drug-likeness (QED) is 0.586. The average molecular weight is 552 g/mol. The van der Waals surface area contributed by atoms with Gasteiger partial charge < -0.3 is 20.1 Å². The number of halogens is 2. The van der Waals surface area contributed by atoms with Gasteiger partial charge in [0.1, 0.15) is 15.1 Å². The van der Waals surface area contributed by atoms with E-state index in [9.17, 15) is 4.79 Å². The predicted octanol–water partition coefficient (Wildman–Crippen LogP) is 3.58. The Balaban J connectivity index is 1.96. The number of aromatic nitrogens is 3. The van der Waals surface area contributed by atoms with Gasteiger partial charge in [0.25, 0.3) is 0 Å². The zero-order chi connectivity index (χ0) is 19.9. The van der Waals surface area contributed by atoms with E-state index in [2.05, 4.69) is 43.5 Å². The number of nitrogens with two attached hydrogens (primary N) is 1. The van der Waals surface area contributed by atoms with Crippen LogP contribution in [-0.4, -0.2) is 57.7 Å². The molecule has 2 atom stereocenters. The van der Waals surface area contributed by atoms with Crippen molar-refractivity contribution in [1.82, 2.24) is 19.7 Å². The number of nitrogen functional groups attached to an aromatic ring is 1. The number of anilines is 1. The molecule has 27 heavy (non-hydrogen) atoms. The second-order valence-electron chi connectivity index (χ2n) is 7.58. The van der Waals surface area contributed by atoms with Gasteiger partial charge >= 0.3 is 6.09 Å². The number of likely N-dealkylation sites (tertiary alicyclic amines) is 1. The molecular weight excluding hydrogens is 529 g/mol. The van der Waals surface area contributed by atoms with E-state index in [0.29, 0.717) is 25.4 Å². The van der Waals surface area contributed by atoms with Crippen LogP contribution in [0.25, 0.3) is 10.9 Å². The van der Waals surface area contributed by atoms with Crippen molar-refractivity contribution in [1.29, 1.82) is 0 Å².